The molecule has 0 amide bonds. The molecule has 0 fully saturated rings. The van der Waals surface area contributed by atoms with Crippen LogP contribution in [0.4, 0.5) is 0 Å². The molecule has 0 saturated carbocycles. The third-order valence-electron chi connectivity index (χ3n) is 10.0. The van der Waals surface area contributed by atoms with Crippen LogP contribution in [0.3, 0.4) is 0 Å². The van der Waals surface area contributed by atoms with Crippen molar-refractivity contribution in [1.82, 2.24) is 0 Å². The van der Waals surface area contributed by atoms with Gasteiger partial charge in [0.1, 0.15) is 12.7 Å². The highest BCUT2D eigenvalue weighted by Crippen LogP contribution is 2.43. The molecule has 0 spiro atoms. The first-order valence-corrected chi connectivity index (χ1v) is 24.0. The molecular formula is C43H85O10P. The van der Waals surface area contributed by atoms with Crippen LogP contribution in [0.5, 0.6) is 0 Å². The van der Waals surface area contributed by atoms with Crippen LogP contribution in [-0.4, -0.2) is 65.7 Å². The van der Waals surface area contributed by atoms with E-state index >= 15 is 0 Å². The van der Waals surface area contributed by atoms with Gasteiger partial charge in [-0.05, 0) is 12.8 Å². The Bertz CT molecular complexity index is 873. The number of carbonyl (C=O) groups is 2. The molecule has 0 aliphatic rings. The average molecular weight is 793 g/mol. The molecule has 0 aliphatic carbocycles. The maximum absolute atomic E-state index is 12.6. The molecule has 0 bridgehead atoms. The summed E-state index contributed by atoms with van der Waals surface area (Å²) >= 11 is 0. The zero-order valence-corrected chi connectivity index (χ0v) is 35.9. The number of carbonyl (C=O) groups excluding carboxylic acids is 2. The smallest absolute Gasteiger partial charge is 0.462 e. The number of unbranched alkanes of at least 4 members (excludes halogenated alkanes) is 29. The minimum absolute atomic E-state index is 0.192. The maximum Gasteiger partial charge on any atom is 0.472 e. The van der Waals surface area contributed by atoms with Crippen LogP contribution < -0.4 is 0 Å². The summed E-state index contributed by atoms with van der Waals surface area (Å²) in [6.07, 6.45) is 36.8. The molecule has 54 heavy (non-hydrogen) atoms. The van der Waals surface area contributed by atoms with Gasteiger partial charge in [0.05, 0.1) is 19.8 Å². The Morgan fingerprint density at radius 1 is 0.481 bits per heavy atom. The fourth-order valence-corrected chi connectivity index (χ4v) is 7.31. The van der Waals surface area contributed by atoms with Crippen molar-refractivity contribution in [3.05, 3.63) is 0 Å². The molecular weight excluding hydrogens is 707 g/mol. The van der Waals surface area contributed by atoms with E-state index in [2.05, 4.69) is 18.4 Å². The Balaban J connectivity index is 4.00. The van der Waals surface area contributed by atoms with E-state index in [1.165, 1.54) is 148 Å². The summed E-state index contributed by atoms with van der Waals surface area (Å²) < 4.78 is 32.6. The van der Waals surface area contributed by atoms with E-state index in [1.54, 1.807) is 0 Å². The topological polar surface area (TPSA) is 149 Å². The predicted molar refractivity (Wildman–Crippen MR) is 219 cm³/mol. The van der Waals surface area contributed by atoms with Crippen LogP contribution in [0.15, 0.2) is 0 Å². The minimum atomic E-state index is -4.60. The second kappa shape index (κ2) is 40.2. The fraction of sp³-hybridized carbons (Fsp3) is 0.953. The van der Waals surface area contributed by atoms with Gasteiger partial charge in [-0.3, -0.25) is 18.6 Å². The minimum Gasteiger partial charge on any atom is -0.462 e. The Labute approximate surface area is 331 Å². The highest BCUT2D eigenvalue weighted by atomic mass is 31.2. The quantitative estimate of drug-likeness (QED) is 0.0309. The summed E-state index contributed by atoms with van der Waals surface area (Å²) in [4.78, 5) is 34.8. The van der Waals surface area contributed by atoms with E-state index in [9.17, 15) is 24.2 Å². The molecule has 0 saturated heterocycles. The Morgan fingerprint density at radius 2 is 0.796 bits per heavy atom. The van der Waals surface area contributed by atoms with Crippen molar-refractivity contribution in [3.8, 4) is 0 Å². The summed E-state index contributed by atoms with van der Waals surface area (Å²) in [5.41, 5.74) is 0. The molecule has 10 nitrogen and oxygen atoms in total. The first kappa shape index (κ1) is 53.0. The van der Waals surface area contributed by atoms with Crippen LogP contribution >= 0.6 is 7.82 Å². The Kier molecular flexibility index (Phi) is 39.4. The number of hydrogen-bond acceptors (Lipinski definition) is 9. The van der Waals surface area contributed by atoms with E-state index in [0.717, 1.165) is 38.5 Å². The average Bonchev–Trinajstić information content (AvgIpc) is 3.16. The number of ether oxygens (including phenoxy) is 2. The molecule has 3 unspecified atom stereocenters. The van der Waals surface area contributed by atoms with Crippen molar-refractivity contribution in [2.45, 2.75) is 238 Å². The number of phosphoric ester groups is 1. The molecule has 3 N–H and O–H groups in total. The van der Waals surface area contributed by atoms with Crippen molar-refractivity contribution < 1.29 is 47.8 Å². The molecule has 0 aromatic heterocycles. The van der Waals surface area contributed by atoms with Crippen molar-refractivity contribution in [3.63, 3.8) is 0 Å². The molecule has 0 aliphatic heterocycles. The van der Waals surface area contributed by atoms with Gasteiger partial charge < -0.3 is 24.6 Å². The molecule has 3 atom stereocenters. The van der Waals surface area contributed by atoms with Crippen molar-refractivity contribution in [1.29, 1.82) is 0 Å². The van der Waals surface area contributed by atoms with Gasteiger partial charge in [-0.2, -0.15) is 0 Å². The molecule has 0 radical (unpaired) electrons. The monoisotopic (exact) mass is 793 g/mol. The fourth-order valence-electron chi connectivity index (χ4n) is 6.52. The summed E-state index contributed by atoms with van der Waals surface area (Å²) in [6.45, 7) is 2.36. The SMILES string of the molecule is CCCCCCCCCCCCCCCCCCCCCCCCCCC(=O)OC(COC(=O)CCCCCCCCC)COP(=O)(O)OCC(O)CO. The van der Waals surface area contributed by atoms with E-state index in [1.807, 2.05) is 0 Å². The van der Waals surface area contributed by atoms with E-state index in [4.69, 9.17) is 19.1 Å². The number of hydrogen-bond donors (Lipinski definition) is 3. The van der Waals surface area contributed by atoms with Crippen LogP contribution in [0.25, 0.3) is 0 Å². The Hall–Kier alpha value is -1.03. The number of esters is 2. The third kappa shape index (κ3) is 39.2. The summed E-state index contributed by atoms with van der Waals surface area (Å²) in [6, 6.07) is 0. The summed E-state index contributed by atoms with van der Waals surface area (Å²) in [7, 11) is -4.60. The van der Waals surface area contributed by atoms with Crippen molar-refractivity contribution in [2.75, 3.05) is 26.4 Å². The van der Waals surface area contributed by atoms with Crippen LogP contribution in [0.2, 0.25) is 0 Å². The lowest BCUT2D eigenvalue weighted by Crippen LogP contribution is -2.29. The molecule has 11 heteroatoms. The molecule has 0 aromatic carbocycles. The highest BCUT2D eigenvalue weighted by molar-refractivity contribution is 7.47. The zero-order valence-electron chi connectivity index (χ0n) is 35.0. The van der Waals surface area contributed by atoms with Crippen LogP contribution in [-0.2, 0) is 32.7 Å². The molecule has 0 rings (SSSR count). The lowest BCUT2D eigenvalue weighted by Gasteiger charge is -2.20. The first-order valence-electron chi connectivity index (χ1n) is 22.5. The number of phosphoric acid groups is 1. The van der Waals surface area contributed by atoms with Gasteiger partial charge in [-0.15, -0.1) is 0 Å². The van der Waals surface area contributed by atoms with Gasteiger partial charge in [0.25, 0.3) is 0 Å². The lowest BCUT2D eigenvalue weighted by molar-refractivity contribution is -0.161. The van der Waals surface area contributed by atoms with Gasteiger partial charge in [-0.25, -0.2) is 4.57 Å². The van der Waals surface area contributed by atoms with Gasteiger partial charge in [0, 0.05) is 12.8 Å². The lowest BCUT2D eigenvalue weighted by atomic mass is 10.0. The van der Waals surface area contributed by atoms with Gasteiger partial charge in [0.15, 0.2) is 6.10 Å². The van der Waals surface area contributed by atoms with E-state index in [0.29, 0.717) is 12.8 Å². The number of aliphatic hydroxyl groups excluding tert-OH is 2. The van der Waals surface area contributed by atoms with Gasteiger partial charge >= 0.3 is 19.8 Å². The standard InChI is InChI=1S/C43H85O10P/c1-3-5-7-9-11-12-13-14-15-16-17-18-19-20-21-22-23-24-25-26-27-29-31-33-35-43(47)53-41(39-52-54(48,49)51-37-40(45)36-44)38-50-42(46)34-32-30-28-10-8-6-4-2/h40-41,44-45H,3-39H2,1-2H3,(H,48,49). The summed E-state index contributed by atoms with van der Waals surface area (Å²) in [5.74, 6) is -0.918. The normalized spacial score (nSPS) is 13.8. The van der Waals surface area contributed by atoms with Gasteiger partial charge in [0.2, 0.25) is 0 Å². The number of rotatable bonds is 43. The van der Waals surface area contributed by atoms with Crippen molar-refractivity contribution in [2.24, 2.45) is 0 Å². The molecule has 322 valence electrons. The largest absolute Gasteiger partial charge is 0.472 e. The maximum atomic E-state index is 12.6. The van der Waals surface area contributed by atoms with Crippen LogP contribution in [0, 0.1) is 0 Å². The molecule has 0 aromatic rings. The van der Waals surface area contributed by atoms with Gasteiger partial charge in [-0.1, -0.05) is 200 Å². The second-order valence-corrected chi connectivity index (χ2v) is 16.9. The van der Waals surface area contributed by atoms with E-state index < -0.39 is 51.8 Å². The second-order valence-electron chi connectivity index (χ2n) is 15.4. The Morgan fingerprint density at radius 3 is 1.15 bits per heavy atom. The zero-order chi connectivity index (χ0) is 39.8. The van der Waals surface area contributed by atoms with Crippen LogP contribution in [0.1, 0.15) is 226 Å². The summed E-state index contributed by atoms with van der Waals surface area (Å²) in [5, 5.41) is 18.3. The number of aliphatic hydroxyl groups is 2. The van der Waals surface area contributed by atoms with Crippen molar-refractivity contribution >= 4 is 19.8 Å². The first-order chi connectivity index (χ1) is 26.2. The highest BCUT2D eigenvalue weighted by Gasteiger charge is 2.27. The predicted octanol–water partition coefficient (Wildman–Crippen LogP) is 11.8. The van der Waals surface area contributed by atoms with E-state index in [-0.39, 0.29) is 19.4 Å². The third-order valence-corrected chi connectivity index (χ3v) is 11.0. The molecule has 0 heterocycles.